The van der Waals surface area contributed by atoms with Crippen LogP contribution in [0.3, 0.4) is 0 Å². The van der Waals surface area contributed by atoms with Gasteiger partial charge >= 0.3 is 0 Å². The van der Waals surface area contributed by atoms with Crippen molar-refractivity contribution in [3.05, 3.63) is 64.1 Å². The molecule has 29 heavy (non-hydrogen) atoms. The van der Waals surface area contributed by atoms with Gasteiger partial charge in [0.05, 0.1) is 16.7 Å². The van der Waals surface area contributed by atoms with Gasteiger partial charge in [0.1, 0.15) is 5.82 Å². The van der Waals surface area contributed by atoms with E-state index >= 15 is 0 Å². The number of rotatable bonds is 5. The number of nitrogens with one attached hydrogen (secondary N) is 2. The Morgan fingerprint density at radius 1 is 1.28 bits per heavy atom. The van der Waals surface area contributed by atoms with Gasteiger partial charge in [0, 0.05) is 36.5 Å². The van der Waals surface area contributed by atoms with E-state index in [1.165, 1.54) is 0 Å². The van der Waals surface area contributed by atoms with Gasteiger partial charge in [-0.3, -0.25) is 14.6 Å². The Bertz CT molecular complexity index is 1210. The molecule has 4 aromatic rings. The molecule has 0 saturated carbocycles. The van der Waals surface area contributed by atoms with Crippen LogP contribution in [0.2, 0.25) is 5.02 Å². The van der Waals surface area contributed by atoms with E-state index in [-0.39, 0.29) is 5.91 Å². The molecule has 0 saturated heterocycles. The van der Waals surface area contributed by atoms with Crippen molar-refractivity contribution in [2.45, 2.75) is 20.3 Å². The SMILES string of the molecule is CCNC(=O)c1ccc(-c2nc(Cc3ccc4[nH]ncc4c3Cl)n(C)n2)c(C)c1. The van der Waals surface area contributed by atoms with E-state index in [1.54, 1.807) is 16.9 Å². The summed E-state index contributed by atoms with van der Waals surface area (Å²) in [6, 6.07) is 9.49. The van der Waals surface area contributed by atoms with Gasteiger partial charge in [-0.15, -0.1) is 0 Å². The molecule has 8 heteroatoms. The number of aromatic nitrogens is 5. The molecule has 0 radical (unpaired) electrons. The maximum atomic E-state index is 12.0. The fourth-order valence-corrected chi connectivity index (χ4v) is 3.62. The number of fused-ring (bicyclic) bond motifs is 1. The summed E-state index contributed by atoms with van der Waals surface area (Å²) in [5, 5.41) is 15.9. The average molecular weight is 409 g/mol. The fraction of sp³-hybridized carbons (Fsp3) is 0.238. The molecular formula is C21H21ClN6O. The van der Waals surface area contributed by atoms with Crippen molar-refractivity contribution in [1.29, 1.82) is 0 Å². The summed E-state index contributed by atoms with van der Waals surface area (Å²) in [6.45, 7) is 4.45. The Labute approximate surface area is 173 Å². The van der Waals surface area contributed by atoms with E-state index < -0.39 is 0 Å². The summed E-state index contributed by atoms with van der Waals surface area (Å²) < 4.78 is 1.77. The summed E-state index contributed by atoms with van der Waals surface area (Å²) in [6.07, 6.45) is 2.28. The maximum Gasteiger partial charge on any atom is 0.251 e. The Balaban J connectivity index is 1.64. The summed E-state index contributed by atoms with van der Waals surface area (Å²) in [4.78, 5) is 16.8. The lowest BCUT2D eigenvalue weighted by molar-refractivity contribution is 0.0955. The van der Waals surface area contributed by atoms with Crippen molar-refractivity contribution >= 4 is 28.4 Å². The Hall–Kier alpha value is -3.19. The van der Waals surface area contributed by atoms with E-state index in [9.17, 15) is 4.79 Å². The zero-order valence-electron chi connectivity index (χ0n) is 16.5. The van der Waals surface area contributed by atoms with Crippen LogP contribution in [-0.2, 0) is 13.5 Å². The van der Waals surface area contributed by atoms with E-state index in [0.29, 0.717) is 29.4 Å². The first-order valence-corrected chi connectivity index (χ1v) is 9.75. The molecule has 0 aliphatic rings. The maximum absolute atomic E-state index is 12.0. The molecule has 0 atom stereocenters. The quantitative estimate of drug-likeness (QED) is 0.527. The van der Waals surface area contributed by atoms with E-state index in [1.807, 2.05) is 45.2 Å². The molecule has 7 nitrogen and oxygen atoms in total. The second-order valence-corrected chi connectivity index (χ2v) is 7.29. The number of aryl methyl sites for hydroxylation is 2. The molecule has 0 spiro atoms. The minimum atomic E-state index is -0.0823. The highest BCUT2D eigenvalue weighted by Gasteiger charge is 2.16. The van der Waals surface area contributed by atoms with Gasteiger partial charge in [0.15, 0.2) is 5.82 Å². The van der Waals surface area contributed by atoms with Gasteiger partial charge in [0.25, 0.3) is 5.91 Å². The standard InChI is InChI=1S/C21H21ClN6O/c1-4-23-21(29)14-5-7-15(12(2)9-14)20-25-18(28(3)27-20)10-13-6-8-17-16(19(13)22)11-24-26-17/h5-9,11H,4,10H2,1-3H3,(H,23,29)(H,24,26). The first kappa shape index (κ1) is 19.1. The molecule has 0 fully saturated rings. The van der Waals surface area contributed by atoms with Gasteiger partial charge in [-0.05, 0) is 43.2 Å². The monoisotopic (exact) mass is 408 g/mol. The van der Waals surface area contributed by atoms with Crippen molar-refractivity contribution in [1.82, 2.24) is 30.3 Å². The molecule has 1 amide bonds. The Morgan fingerprint density at radius 3 is 2.86 bits per heavy atom. The van der Waals surface area contributed by atoms with Crippen LogP contribution in [0.5, 0.6) is 0 Å². The van der Waals surface area contributed by atoms with E-state index in [2.05, 4.69) is 20.6 Å². The first-order chi connectivity index (χ1) is 14.0. The smallest absolute Gasteiger partial charge is 0.251 e. The van der Waals surface area contributed by atoms with Gasteiger partial charge in [-0.25, -0.2) is 4.98 Å². The van der Waals surface area contributed by atoms with Crippen molar-refractivity contribution in [2.24, 2.45) is 7.05 Å². The van der Waals surface area contributed by atoms with Crippen molar-refractivity contribution in [3.63, 3.8) is 0 Å². The number of hydrogen-bond acceptors (Lipinski definition) is 4. The number of benzene rings is 2. The number of halogens is 1. The van der Waals surface area contributed by atoms with Gasteiger partial charge in [-0.2, -0.15) is 10.2 Å². The number of hydrogen-bond donors (Lipinski definition) is 2. The molecule has 148 valence electrons. The number of carbonyl (C=O) groups excluding carboxylic acids is 1. The molecule has 4 rings (SSSR count). The third-order valence-electron chi connectivity index (χ3n) is 4.91. The normalized spacial score (nSPS) is 11.2. The van der Waals surface area contributed by atoms with Crippen molar-refractivity contribution < 1.29 is 4.79 Å². The lowest BCUT2D eigenvalue weighted by Gasteiger charge is -2.06. The third-order valence-corrected chi connectivity index (χ3v) is 5.35. The third kappa shape index (κ3) is 3.61. The second-order valence-electron chi connectivity index (χ2n) is 6.91. The van der Waals surface area contributed by atoms with Crippen LogP contribution in [0.1, 0.15) is 34.2 Å². The topological polar surface area (TPSA) is 88.5 Å². The zero-order valence-corrected chi connectivity index (χ0v) is 17.2. The lowest BCUT2D eigenvalue weighted by atomic mass is 10.0. The average Bonchev–Trinajstić information content (AvgIpc) is 3.31. The minimum absolute atomic E-state index is 0.0823. The highest BCUT2D eigenvalue weighted by atomic mass is 35.5. The molecule has 0 aliphatic carbocycles. The number of carbonyl (C=O) groups is 1. The van der Waals surface area contributed by atoms with Gasteiger partial charge in [0.2, 0.25) is 0 Å². The molecular weight excluding hydrogens is 388 g/mol. The Kier molecular flexibility index (Phi) is 5.07. The number of amides is 1. The van der Waals surface area contributed by atoms with Crippen LogP contribution in [0.25, 0.3) is 22.3 Å². The number of H-pyrrole nitrogens is 1. The molecule has 2 aromatic heterocycles. The fourth-order valence-electron chi connectivity index (χ4n) is 3.34. The molecule has 2 heterocycles. The summed E-state index contributed by atoms with van der Waals surface area (Å²) >= 11 is 6.55. The number of nitrogens with zero attached hydrogens (tertiary/aromatic N) is 4. The zero-order chi connectivity index (χ0) is 20.5. The molecule has 0 aliphatic heterocycles. The molecule has 2 aromatic carbocycles. The van der Waals surface area contributed by atoms with Crippen LogP contribution in [0, 0.1) is 6.92 Å². The van der Waals surface area contributed by atoms with E-state index in [4.69, 9.17) is 16.6 Å². The van der Waals surface area contributed by atoms with E-state index in [0.717, 1.165) is 33.4 Å². The molecule has 0 bridgehead atoms. The lowest BCUT2D eigenvalue weighted by Crippen LogP contribution is -2.22. The van der Waals surface area contributed by atoms with Crippen LogP contribution in [0.4, 0.5) is 0 Å². The van der Waals surface area contributed by atoms with Crippen molar-refractivity contribution in [3.8, 4) is 11.4 Å². The van der Waals surface area contributed by atoms with Gasteiger partial charge in [-0.1, -0.05) is 23.7 Å². The predicted molar refractivity (Wildman–Crippen MR) is 113 cm³/mol. The summed E-state index contributed by atoms with van der Waals surface area (Å²) in [5.41, 5.74) is 4.34. The molecule has 0 unspecified atom stereocenters. The first-order valence-electron chi connectivity index (χ1n) is 9.37. The summed E-state index contributed by atoms with van der Waals surface area (Å²) in [5.74, 6) is 1.35. The largest absolute Gasteiger partial charge is 0.352 e. The van der Waals surface area contributed by atoms with Gasteiger partial charge < -0.3 is 5.32 Å². The second kappa shape index (κ2) is 7.67. The molecule has 2 N–H and O–H groups in total. The number of aromatic amines is 1. The minimum Gasteiger partial charge on any atom is -0.352 e. The highest BCUT2D eigenvalue weighted by Crippen LogP contribution is 2.28. The summed E-state index contributed by atoms with van der Waals surface area (Å²) in [7, 11) is 1.87. The highest BCUT2D eigenvalue weighted by molar-refractivity contribution is 6.36. The van der Waals surface area contributed by atoms with Crippen LogP contribution >= 0.6 is 11.6 Å². The van der Waals surface area contributed by atoms with Crippen LogP contribution in [0.15, 0.2) is 36.5 Å². The predicted octanol–water partition coefficient (Wildman–Crippen LogP) is 3.66. The van der Waals surface area contributed by atoms with Crippen LogP contribution < -0.4 is 5.32 Å². The van der Waals surface area contributed by atoms with Crippen LogP contribution in [-0.4, -0.2) is 37.4 Å². The van der Waals surface area contributed by atoms with Crippen molar-refractivity contribution in [2.75, 3.05) is 6.54 Å². The Morgan fingerprint density at radius 2 is 2.10 bits per heavy atom.